The largest absolute Gasteiger partial charge is 0.310 e. The molecule has 0 aliphatic carbocycles. The van der Waals surface area contributed by atoms with Crippen LogP contribution in [0.4, 0.5) is 34.1 Å². The summed E-state index contributed by atoms with van der Waals surface area (Å²) in [4.78, 5) is 4.96. The van der Waals surface area contributed by atoms with E-state index in [1.165, 1.54) is 132 Å². The fourth-order valence-electron chi connectivity index (χ4n) is 12.8. The van der Waals surface area contributed by atoms with Crippen molar-refractivity contribution in [2.45, 2.75) is 27.7 Å². The smallest absolute Gasteiger partial charge is 0.0634 e. The van der Waals surface area contributed by atoms with Gasteiger partial charge in [0.15, 0.2) is 0 Å². The average Bonchev–Trinajstić information content (AvgIpc) is 4.21. The van der Waals surface area contributed by atoms with E-state index in [0.717, 1.165) is 22.7 Å². The van der Waals surface area contributed by atoms with Gasteiger partial charge in [-0.2, -0.15) is 0 Å². The van der Waals surface area contributed by atoms with Crippen LogP contribution in [0.2, 0.25) is 0 Å². The first kappa shape index (κ1) is 42.3. The normalized spacial score (nSPS) is 12.1. The lowest BCUT2D eigenvalue weighted by atomic mass is 9.89. The van der Waals surface area contributed by atoms with Gasteiger partial charge in [-0.15, -0.1) is 0 Å². The Labute approximate surface area is 429 Å². The number of aromatic nitrogens is 2. The maximum absolute atomic E-state index is 2.63. The second-order valence-corrected chi connectivity index (χ2v) is 20.3. The third kappa shape index (κ3) is 5.91. The highest BCUT2D eigenvalue weighted by Gasteiger charge is 2.32. The Balaban J connectivity index is 1.15. The molecular weight excluding hydrogens is 897 g/mol. The summed E-state index contributed by atoms with van der Waals surface area (Å²) in [5.41, 5.74) is 24.0. The molecule has 0 aliphatic rings. The Hall–Kier alpha value is -9.38. The predicted molar refractivity (Wildman–Crippen MR) is 315 cm³/mol. The Kier molecular flexibility index (Phi) is 9.19. The van der Waals surface area contributed by atoms with Crippen molar-refractivity contribution in [3.05, 3.63) is 253 Å². The Morgan fingerprint density at radius 1 is 0.284 bits per heavy atom. The van der Waals surface area contributed by atoms with Gasteiger partial charge in [0.25, 0.3) is 0 Å². The van der Waals surface area contributed by atoms with Gasteiger partial charge in [-0.3, -0.25) is 0 Å². The van der Waals surface area contributed by atoms with Crippen LogP contribution in [0.3, 0.4) is 0 Å². The minimum atomic E-state index is 1.13. The molecule has 74 heavy (non-hydrogen) atoms. The number of hydrogen-bond acceptors (Lipinski definition) is 2. The molecule has 4 heteroatoms. The molecule has 4 heterocycles. The molecule has 0 radical (unpaired) electrons. The summed E-state index contributed by atoms with van der Waals surface area (Å²) in [6.07, 6.45) is 0. The molecule has 11 aromatic carbocycles. The number of benzene rings is 11. The monoisotopic (exact) mass is 946 g/mol. The van der Waals surface area contributed by atoms with Crippen LogP contribution >= 0.6 is 0 Å². The van der Waals surface area contributed by atoms with Crippen molar-refractivity contribution in [3.63, 3.8) is 0 Å². The first-order valence-electron chi connectivity index (χ1n) is 25.8. The van der Waals surface area contributed by atoms with Crippen LogP contribution < -0.4 is 9.80 Å². The number of nitrogens with zero attached hydrogens (tertiary/aromatic N) is 4. The van der Waals surface area contributed by atoms with Gasteiger partial charge in [-0.25, -0.2) is 0 Å². The van der Waals surface area contributed by atoms with Crippen molar-refractivity contribution >= 4 is 110 Å². The summed E-state index contributed by atoms with van der Waals surface area (Å²) in [7, 11) is 0. The van der Waals surface area contributed by atoms with Gasteiger partial charge < -0.3 is 18.6 Å². The number of anilines is 6. The topological polar surface area (TPSA) is 15.3 Å². The molecule has 0 amide bonds. The summed E-state index contributed by atoms with van der Waals surface area (Å²) in [5.74, 6) is 0. The first-order valence-corrected chi connectivity index (χ1v) is 25.8. The molecule has 0 unspecified atom stereocenters. The van der Waals surface area contributed by atoms with E-state index in [9.17, 15) is 0 Å². The quantitative estimate of drug-likeness (QED) is 0.151. The maximum atomic E-state index is 2.63. The molecule has 0 fully saturated rings. The van der Waals surface area contributed by atoms with E-state index < -0.39 is 0 Å². The first-order chi connectivity index (χ1) is 36.4. The molecule has 0 N–H and O–H groups in total. The molecule has 0 aliphatic heterocycles. The van der Waals surface area contributed by atoms with Crippen LogP contribution in [-0.2, 0) is 0 Å². The van der Waals surface area contributed by atoms with Crippen LogP contribution in [0.5, 0.6) is 0 Å². The highest BCUT2D eigenvalue weighted by atomic mass is 15.2. The summed E-state index contributed by atoms with van der Waals surface area (Å²) in [6, 6.07) is 85.6. The number of rotatable bonds is 8. The summed E-state index contributed by atoms with van der Waals surface area (Å²) >= 11 is 0. The zero-order valence-electron chi connectivity index (χ0n) is 41.7. The molecule has 0 saturated heterocycles. The third-order valence-electron chi connectivity index (χ3n) is 15.9. The molecule has 15 aromatic rings. The van der Waals surface area contributed by atoms with E-state index in [4.69, 9.17) is 0 Å². The van der Waals surface area contributed by atoms with Crippen molar-refractivity contribution in [3.8, 4) is 22.3 Å². The van der Waals surface area contributed by atoms with Crippen LogP contribution in [0.25, 0.3) is 98.4 Å². The maximum Gasteiger partial charge on any atom is 0.0634 e. The molecule has 4 aromatic heterocycles. The van der Waals surface area contributed by atoms with Crippen LogP contribution in [-0.4, -0.2) is 8.80 Å². The van der Waals surface area contributed by atoms with Gasteiger partial charge in [0.05, 0.1) is 44.5 Å². The number of aryl methyl sites for hydroxylation is 4. The molecule has 350 valence electrons. The predicted octanol–water partition coefficient (Wildman–Crippen LogP) is 19.5. The van der Waals surface area contributed by atoms with Crippen LogP contribution in [0, 0.1) is 27.7 Å². The Morgan fingerprint density at radius 2 is 0.635 bits per heavy atom. The number of fused-ring (bicyclic) bond motifs is 12. The van der Waals surface area contributed by atoms with Gasteiger partial charge in [-0.05, 0) is 122 Å². The van der Waals surface area contributed by atoms with E-state index in [2.05, 4.69) is 277 Å². The molecular formula is C70H50N4. The van der Waals surface area contributed by atoms with Crippen molar-refractivity contribution in [1.82, 2.24) is 8.80 Å². The molecule has 4 nitrogen and oxygen atoms in total. The van der Waals surface area contributed by atoms with Crippen molar-refractivity contribution < 1.29 is 0 Å². The van der Waals surface area contributed by atoms with Crippen molar-refractivity contribution in [2.75, 3.05) is 9.80 Å². The van der Waals surface area contributed by atoms with Gasteiger partial charge >= 0.3 is 0 Å². The van der Waals surface area contributed by atoms with E-state index in [1.807, 2.05) is 0 Å². The molecule has 0 saturated carbocycles. The Morgan fingerprint density at radius 3 is 1.03 bits per heavy atom. The number of para-hydroxylation sites is 4. The van der Waals surface area contributed by atoms with Gasteiger partial charge in [-0.1, -0.05) is 170 Å². The lowest BCUT2D eigenvalue weighted by molar-refractivity contribution is 1.25. The lowest BCUT2D eigenvalue weighted by Crippen LogP contribution is -2.12. The Bertz CT molecular complexity index is 4380. The second kappa shape index (κ2) is 16.1. The van der Waals surface area contributed by atoms with Crippen LogP contribution in [0.1, 0.15) is 22.3 Å². The number of hydrogen-bond donors (Lipinski definition) is 0. The molecule has 0 spiro atoms. The zero-order chi connectivity index (χ0) is 49.3. The van der Waals surface area contributed by atoms with E-state index in [1.54, 1.807) is 0 Å². The zero-order valence-corrected chi connectivity index (χ0v) is 41.7. The average molecular weight is 947 g/mol. The standard InChI is InChI=1S/C70H50N4/c1-43-37-39-45(3)59(41-43)71(49-25-13-7-14-26-49)55-33-19-35-57-63(55)51-29-17-31-53-65-62(48-23-11-6-12-24-48)70-66(61(47-21-9-5-10-22-47)69(65)73(57)67(51)53)54-32-18-30-52-64-56(34-20-36-58(64)74(70)68(52)54)72(50-27-15-8-16-28-50)60-42-44(2)38-40-46(60)4/h5-42H,1-4H3. The minimum absolute atomic E-state index is 1.13. The van der Waals surface area contributed by atoms with Crippen molar-refractivity contribution in [2.24, 2.45) is 0 Å². The fraction of sp³-hybridized carbons (Fsp3) is 0.0571. The fourth-order valence-corrected chi connectivity index (χ4v) is 12.8. The van der Waals surface area contributed by atoms with E-state index >= 15 is 0 Å². The summed E-state index contributed by atoms with van der Waals surface area (Å²) < 4.78 is 5.26. The highest BCUT2D eigenvalue weighted by molar-refractivity contribution is 6.39. The lowest BCUT2D eigenvalue weighted by Gasteiger charge is -2.28. The van der Waals surface area contributed by atoms with E-state index in [-0.39, 0.29) is 0 Å². The molecule has 15 rings (SSSR count). The summed E-state index contributed by atoms with van der Waals surface area (Å²) in [5, 5.41) is 9.95. The van der Waals surface area contributed by atoms with Gasteiger partial charge in [0, 0.05) is 77.0 Å². The van der Waals surface area contributed by atoms with Gasteiger partial charge in [0.2, 0.25) is 0 Å². The van der Waals surface area contributed by atoms with E-state index in [0.29, 0.717) is 0 Å². The second-order valence-electron chi connectivity index (χ2n) is 20.3. The molecule has 0 bridgehead atoms. The van der Waals surface area contributed by atoms with Crippen LogP contribution in [0.15, 0.2) is 231 Å². The summed E-state index contributed by atoms with van der Waals surface area (Å²) in [6.45, 7) is 8.85. The third-order valence-corrected chi connectivity index (χ3v) is 15.9. The van der Waals surface area contributed by atoms with Crippen molar-refractivity contribution in [1.29, 1.82) is 0 Å². The van der Waals surface area contributed by atoms with Gasteiger partial charge in [0.1, 0.15) is 0 Å². The highest BCUT2D eigenvalue weighted by Crippen LogP contribution is 2.56. The molecule has 0 atom stereocenters. The minimum Gasteiger partial charge on any atom is -0.310 e. The SMILES string of the molecule is Cc1ccc(C)c(N(c2ccccc2)c2cccc3c2c2cccc4c5c(-c6ccccc6)c6c(c(-c7ccccc7)c5n3c24)c2cccc3c4c(N(c5ccccc5)c5cc(C)ccc5C)cccc4n6c32)c1.